The molecule has 1 aromatic heterocycles. The van der Waals surface area contributed by atoms with Gasteiger partial charge in [-0.15, -0.1) is 0 Å². The molecular weight excluding hydrogens is 348 g/mol. The van der Waals surface area contributed by atoms with E-state index in [-0.39, 0.29) is 23.2 Å². The van der Waals surface area contributed by atoms with Crippen molar-refractivity contribution in [3.05, 3.63) is 53.1 Å². The maximum absolute atomic E-state index is 12.3. The van der Waals surface area contributed by atoms with Crippen LogP contribution in [0, 0.1) is 0 Å². The van der Waals surface area contributed by atoms with Crippen LogP contribution in [0.15, 0.2) is 30.6 Å². The average Bonchev–Trinajstić information content (AvgIpc) is 2.61. The van der Waals surface area contributed by atoms with Crippen molar-refractivity contribution in [3.63, 3.8) is 0 Å². The van der Waals surface area contributed by atoms with Crippen molar-refractivity contribution in [2.75, 3.05) is 0 Å². The van der Waals surface area contributed by atoms with Crippen molar-refractivity contribution in [3.8, 4) is 5.75 Å². The molecule has 7 nitrogen and oxygen atoms in total. The minimum Gasteiger partial charge on any atom is -0.476 e. The van der Waals surface area contributed by atoms with E-state index in [0.29, 0.717) is 12.8 Å². The van der Waals surface area contributed by atoms with Gasteiger partial charge in [-0.2, -0.15) is 8.78 Å². The molecule has 1 aliphatic carbocycles. The number of carboxylic acids is 1. The third-order valence-corrected chi connectivity index (χ3v) is 4.06. The molecule has 0 saturated carbocycles. The minimum absolute atomic E-state index is 0.000206. The van der Waals surface area contributed by atoms with Crippen molar-refractivity contribution in [2.24, 2.45) is 0 Å². The molecule has 1 unspecified atom stereocenters. The fourth-order valence-corrected chi connectivity index (χ4v) is 2.90. The number of aromatic carboxylic acids is 1. The molecule has 0 fully saturated rings. The first-order valence-electron chi connectivity index (χ1n) is 7.88. The first-order chi connectivity index (χ1) is 12.4. The van der Waals surface area contributed by atoms with Gasteiger partial charge in [0, 0.05) is 0 Å². The molecule has 3 rings (SSSR count). The van der Waals surface area contributed by atoms with Crippen molar-refractivity contribution < 1.29 is 28.2 Å². The Morgan fingerprint density at radius 2 is 1.96 bits per heavy atom. The summed E-state index contributed by atoms with van der Waals surface area (Å²) in [6, 6.07) is 4.36. The van der Waals surface area contributed by atoms with E-state index in [1.807, 2.05) is 0 Å². The first kappa shape index (κ1) is 17.7. The Labute approximate surface area is 147 Å². The number of ether oxygens (including phenoxy) is 1. The highest BCUT2D eigenvalue weighted by atomic mass is 19.3. The third-order valence-electron chi connectivity index (χ3n) is 4.06. The SMILES string of the molecule is O=C(O)c1cnc(C(=O)NC2CCCc3cc(OC(F)F)ccc32)cn1. The van der Waals surface area contributed by atoms with E-state index in [2.05, 4.69) is 20.0 Å². The number of halogens is 2. The Balaban J connectivity index is 1.75. The fourth-order valence-electron chi connectivity index (χ4n) is 2.90. The normalized spacial score (nSPS) is 16.0. The maximum atomic E-state index is 12.3. The summed E-state index contributed by atoms with van der Waals surface area (Å²) in [7, 11) is 0. The van der Waals surface area contributed by atoms with E-state index >= 15 is 0 Å². The summed E-state index contributed by atoms with van der Waals surface area (Å²) >= 11 is 0. The molecule has 0 spiro atoms. The van der Waals surface area contributed by atoms with E-state index in [9.17, 15) is 18.4 Å². The molecule has 1 amide bonds. The number of fused-ring (bicyclic) bond motifs is 1. The number of alkyl halides is 2. The summed E-state index contributed by atoms with van der Waals surface area (Å²) in [4.78, 5) is 30.6. The Bertz CT molecular complexity index is 827. The van der Waals surface area contributed by atoms with Gasteiger partial charge in [-0.25, -0.2) is 14.8 Å². The second kappa shape index (κ2) is 7.42. The Hall–Kier alpha value is -3.10. The number of carboxylic acid groups (broad SMARTS) is 1. The van der Waals surface area contributed by atoms with Crippen LogP contribution in [-0.4, -0.2) is 33.6 Å². The summed E-state index contributed by atoms with van der Waals surface area (Å²) in [5.74, 6) is -1.63. The average molecular weight is 363 g/mol. The molecule has 9 heteroatoms. The number of nitrogens with zero attached hydrogens (tertiary/aromatic N) is 2. The van der Waals surface area contributed by atoms with E-state index in [0.717, 1.165) is 29.9 Å². The van der Waals surface area contributed by atoms with Crippen LogP contribution >= 0.6 is 0 Å². The highest BCUT2D eigenvalue weighted by Gasteiger charge is 2.24. The molecular formula is C17H15F2N3O4. The predicted molar refractivity (Wildman–Crippen MR) is 85.2 cm³/mol. The molecule has 26 heavy (non-hydrogen) atoms. The van der Waals surface area contributed by atoms with Crippen LogP contribution in [0.25, 0.3) is 0 Å². The van der Waals surface area contributed by atoms with Crippen LogP contribution in [0.3, 0.4) is 0 Å². The van der Waals surface area contributed by atoms with Crippen LogP contribution in [0.1, 0.15) is 51.0 Å². The van der Waals surface area contributed by atoms with Crippen LogP contribution in [0.5, 0.6) is 5.75 Å². The van der Waals surface area contributed by atoms with E-state index in [1.54, 1.807) is 12.1 Å². The number of amides is 1. The quantitative estimate of drug-likeness (QED) is 0.847. The van der Waals surface area contributed by atoms with Gasteiger partial charge in [0.25, 0.3) is 5.91 Å². The predicted octanol–water partition coefficient (Wildman–Crippen LogP) is 2.58. The van der Waals surface area contributed by atoms with Crippen LogP contribution < -0.4 is 10.1 Å². The van der Waals surface area contributed by atoms with Crippen molar-refractivity contribution >= 4 is 11.9 Å². The van der Waals surface area contributed by atoms with Gasteiger partial charge >= 0.3 is 12.6 Å². The van der Waals surface area contributed by atoms with E-state index in [4.69, 9.17) is 5.11 Å². The van der Waals surface area contributed by atoms with Gasteiger partial charge in [-0.3, -0.25) is 4.79 Å². The number of rotatable bonds is 5. The van der Waals surface area contributed by atoms with Crippen LogP contribution in [0.4, 0.5) is 8.78 Å². The Morgan fingerprint density at radius 1 is 1.23 bits per heavy atom. The van der Waals surface area contributed by atoms with Gasteiger partial charge < -0.3 is 15.2 Å². The summed E-state index contributed by atoms with van der Waals surface area (Å²) in [6.45, 7) is -2.89. The molecule has 1 heterocycles. The third kappa shape index (κ3) is 3.93. The topological polar surface area (TPSA) is 101 Å². The number of aromatic nitrogens is 2. The number of aryl methyl sites for hydroxylation is 1. The number of hydrogen-bond donors (Lipinski definition) is 2. The number of benzene rings is 1. The lowest BCUT2D eigenvalue weighted by atomic mass is 9.87. The highest BCUT2D eigenvalue weighted by molar-refractivity contribution is 5.93. The largest absolute Gasteiger partial charge is 0.476 e. The zero-order valence-electron chi connectivity index (χ0n) is 13.5. The molecule has 0 saturated heterocycles. The lowest BCUT2D eigenvalue weighted by Crippen LogP contribution is -2.31. The molecule has 1 aromatic carbocycles. The number of nitrogens with one attached hydrogen (secondary N) is 1. The molecule has 1 atom stereocenters. The molecule has 0 bridgehead atoms. The van der Waals surface area contributed by atoms with Crippen LogP contribution in [0.2, 0.25) is 0 Å². The van der Waals surface area contributed by atoms with Gasteiger partial charge in [0.05, 0.1) is 18.4 Å². The molecule has 2 N–H and O–H groups in total. The zero-order valence-corrected chi connectivity index (χ0v) is 13.5. The van der Waals surface area contributed by atoms with Gasteiger partial charge in [0.2, 0.25) is 0 Å². The van der Waals surface area contributed by atoms with Gasteiger partial charge in [0.1, 0.15) is 11.4 Å². The molecule has 1 aliphatic rings. The molecule has 0 aliphatic heterocycles. The Morgan fingerprint density at radius 3 is 2.62 bits per heavy atom. The van der Waals surface area contributed by atoms with E-state index in [1.165, 1.54) is 6.07 Å². The van der Waals surface area contributed by atoms with Gasteiger partial charge in [-0.05, 0) is 42.5 Å². The second-order valence-electron chi connectivity index (χ2n) is 5.75. The smallest absolute Gasteiger partial charge is 0.387 e. The van der Waals surface area contributed by atoms with Gasteiger partial charge in [-0.1, -0.05) is 6.07 Å². The van der Waals surface area contributed by atoms with E-state index < -0.39 is 18.5 Å². The standard InChI is InChI=1S/C17H15F2N3O4/c18-17(19)26-10-4-5-11-9(6-10)2-1-3-12(11)22-15(23)13-7-21-14(8-20-13)16(24)25/h4-8,12,17H,1-3H2,(H,22,23)(H,24,25). The first-order valence-corrected chi connectivity index (χ1v) is 7.88. The number of carbonyl (C=O) groups is 2. The van der Waals surface area contributed by atoms with Crippen molar-refractivity contribution in [2.45, 2.75) is 31.9 Å². The Kier molecular flexibility index (Phi) is 5.06. The summed E-state index contributed by atoms with van der Waals surface area (Å²) in [6.07, 6.45) is 4.28. The summed E-state index contributed by atoms with van der Waals surface area (Å²) < 4.78 is 29.1. The monoisotopic (exact) mass is 363 g/mol. The molecule has 0 radical (unpaired) electrons. The van der Waals surface area contributed by atoms with Crippen molar-refractivity contribution in [1.82, 2.24) is 15.3 Å². The molecule has 136 valence electrons. The fraction of sp³-hybridized carbons (Fsp3) is 0.294. The van der Waals surface area contributed by atoms with Crippen molar-refractivity contribution in [1.29, 1.82) is 0 Å². The summed E-state index contributed by atoms with van der Waals surface area (Å²) in [5.41, 5.74) is 1.42. The number of carbonyl (C=O) groups excluding carboxylic acids is 1. The second-order valence-corrected chi connectivity index (χ2v) is 5.75. The maximum Gasteiger partial charge on any atom is 0.387 e. The van der Waals surface area contributed by atoms with Gasteiger partial charge in [0.15, 0.2) is 5.69 Å². The minimum atomic E-state index is -2.89. The van der Waals surface area contributed by atoms with Crippen LogP contribution in [-0.2, 0) is 6.42 Å². The summed E-state index contributed by atoms with van der Waals surface area (Å²) in [5, 5.41) is 11.6. The lowest BCUT2D eigenvalue weighted by molar-refractivity contribution is -0.0499. The highest BCUT2D eigenvalue weighted by Crippen LogP contribution is 2.32. The zero-order chi connectivity index (χ0) is 18.7. The lowest BCUT2D eigenvalue weighted by Gasteiger charge is -2.26. The number of hydrogen-bond acceptors (Lipinski definition) is 5. The molecule has 2 aromatic rings.